The minimum atomic E-state index is -0.359. The zero-order valence-corrected chi connectivity index (χ0v) is 12.7. The minimum Gasteiger partial charge on any atom is -0.466 e. The average molecular weight is 301 g/mol. The fraction of sp³-hybridized carbons (Fsp3) is 0.286. The summed E-state index contributed by atoms with van der Waals surface area (Å²) in [6.07, 6.45) is 0. The molecule has 0 fully saturated rings. The van der Waals surface area contributed by atoms with Gasteiger partial charge in [0.1, 0.15) is 17.2 Å². The molecule has 0 atom stereocenters. The molecule has 0 aliphatic carbocycles. The Hall–Kier alpha value is -2.90. The summed E-state index contributed by atoms with van der Waals surface area (Å²) in [6.45, 7) is 5.41. The Kier molecular flexibility index (Phi) is 3.28. The first-order valence-corrected chi connectivity index (χ1v) is 6.67. The number of hydrogen-bond acceptors (Lipinski definition) is 6. The maximum absolute atomic E-state index is 12.1. The van der Waals surface area contributed by atoms with Gasteiger partial charge in [-0.2, -0.15) is 5.10 Å². The molecule has 0 aliphatic heterocycles. The van der Waals surface area contributed by atoms with Gasteiger partial charge in [-0.05, 0) is 32.9 Å². The molecule has 0 unspecified atom stereocenters. The predicted molar refractivity (Wildman–Crippen MR) is 77.4 cm³/mol. The largest absolute Gasteiger partial charge is 0.466 e. The minimum absolute atomic E-state index is 0.0153. The van der Waals surface area contributed by atoms with Crippen molar-refractivity contribution < 1.29 is 13.6 Å². The number of anilines is 1. The highest BCUT2D eigenvalue weighted by Crippen LogP contribution is 2.20. The molecule has 1 N–H and O–H groups in total. The van der Waals surface area contributed by atoms with Crippen molar-refractivity contribution in [1.29, 1.82) is 0 Å². The molecule has 8 nitrogen and oxygen atoms in total. The van der Waals surface area contributed by atoms with Gasteiger partial charge in [0.15, 0.2) is 0 Å². The molecule has 0 radical (unpaired) electrons. The highest BCUT2D eigenvalue weighted by Gasteiger charge is 2.18. The molecular weight excluding hydrogens is 286 g/mol. The summed E-state index contributed by atoms with van der Waals surface area (Å²) in [5.74, 6) is 1.09. The summed E-state index contributed by atoms with van der Waals surface area (Å²) in [4.78, 5) is 12.1. The standard InChI is InChI=1S/C14H15N5O3/c1-7-5-11(18-19(7)4)13-16-17-14(22-13)15-12(20)10-6-8(2)21-9(10)3/h5-6H,1-4H3,(H,15,17,20). The van der Waals surface area contributed by atoms with Crippen LogP contribution in [0, 0.1) is 20.8 Å². The van der Waals surface area contributed by atoms with Gasteiger partial charge in [0.2, 0.25) is 0 Å². The van der Waals surface area contributed by atoms with E-state index in [0.717, 1.165) is 5.69 Å². The number of nitrogens with zero attached hydrogens (tertiary/aromatic N) is 4. The Balaban J connectivity index is 1.79. The van der Waals surface area contributed by atoms with Crippen LogP contribution >= 0.6 is 0 Å². The Labute approximate surface area is 126 Å². The number of amides is 1. The molecule has 0 aliphatic rings. The third-order valence-corrected chi connectivity index (χ3v) is 3.26. The fourth-order valence-electron chi connectivity index (χ4n) is 2.06. The van der Waals surface area contributed by atoms with Gasteiger partial charge in [0, 0.05) is 12.7 Å². The van der Waals surface area contributed by atoms with Crippen LogP contribution in [0.1, 0.15) is 27.6 Å². The average Bonchev–Trinajstić information content (AvgIpc) is 3.11. The first-order valence-electron chi connectivity index (χ1n) is 6.67. The van der Waals surface area contributed by atoms with E-state index in [2.05, 4.69) is 20.6 Å². The van der Waals surface area contributed by atoms with Gasteiger partial charge >= 0.3 is 6.01 Å². The van der Waals surface area contributed by atoms with Crippen LogP contribution in [0.25, 0.3) is 11.6 Å². The van der Waals surface area contributed by atoms with Gasteiger partial charge in [0.25, 0.3) is 11.8 Å². The molecular formula is C14H15N5O3. The van der Waals surface area contributed by atoms with E-state index in [-0.39, 0.29) is 17.8 Å². The van der Waals surface area contributed by atoms with Gasteiger partial charge in [0.05, 0.1) is 5.56 Å². The van der Waals surface area contributed by atoms with Crippen molar-refractivity contribution >= 4 is 11.9 Å². The van der Waals surface area contributed by atoms with Gasteiger partial charge in [-0.1, -0.05) is 5.10 Å². The summed E-state index contributed by atoms with van der Waals surface area (Å²) in [6, 6.07) is 3.49. The van der Waals surface area contributed by atoms with Crippen molar-refractivity contribution in [3.63, 3.8) is 0 Å². The second kappa shape index (κ2) is 5.14. The van der Waals surface area contributed by atoms with Crippen molar-refractivity contribution in [2.24, 2.45) is 7.05 Å². The predicted octanol–water partition coefficient (Wildman–Crippen LogP) is 2.24. The normalized spacial score (nSPS) is 10.9. The molecule has 0 spiro atoms. The molecule has 8 heteroatoms. The van der Waals surface area contributed by atoms with E-state index < -0.39 is 0 Å². The molecule has 114 valence electrons. The molecule has 22 heavy (non-hydrogen) atoms. The van der Waals surface area contributed by atoms with Crippen molar-refractivity contribution in [2.45, 2.75) is 20.8 Å². The fourth-order valence-corrected chi connectivity index (χ4v) is 2.06. The molecule has 0 aromatic carbocycles. The van der Waals surface area contributed by atoms with E-state index in [1.54, 1.807) is 24.6 Å². The maximum Gasteiger partial charge on any atom is 0.322 e. The van der Waals surface area contributed by atoms with Gasteiger partial charge < -0.3 is 8.83 Å². The third-order valence-electron chi connectivity index (χ3n) is 3.26. The highest BCUT2D eigenvalue weighted by molar-refractivity contribution is 6.03. The van der Waals surface area contributed by atoms with Crippen molar-refractivity contribution in [3.05, 3.63) is 34.9 Å². The van der Waals surface area contributed by atoms with Gasteiger partial charge in [-0.3, -0.25) is 14.8 Å². The Morgan fingerprint density at radius 3 is 2.55 bits per heavy atom. The van der Waals surface area contributed by atoms with E-state index in [1.807, 2.05) is 20.0 Å². The molecule has 3 rings (SSSR count). The highest BCUT2D eigenvalue weighted by atomic mass is 16.4. The first kappa shape index (κ1) is 14.1. The number of hydrogen-bond donors (Lipinski definition) is 1. The Bertz CT molecular complexity index is 823. The van der Waals surface area contributed by atoms with Crippen molar-refractivity contribution in [3.8, 4) is 11.6 Å². The molecule has 3 aromatic heterocycles. The second-order valence-electron chi connectivity index (χ2n) is 4.99. The van der Waals surface area contributed by atoms with Crippen LogP contribution in [0.3, 0.4) is 0 Å². The quantitative estimate of drug-likeness (QED) is 0.796. The monoisotopic (exact) mass is 301 g/mol. The summed E-state index contributed by atoms with van der Waals surface area (Å²) in [5.41, 5.74) is 1.96. The van der Waals surface area contributed by atoms with Crippen molar-refractivity contribution in [1.82, 2.24) is 20.0 Å². The van der Waals surface area contributed by atoms with Crippen LogP contribution in [-0.2, 0) is 7.05 Å². The van der Waals surface area contributed by atoms with E-state index in [0.29, 0.717) is 22.8 Å². The smallest absolute Gasteiger partial charge is 0.322 e. The van der Waals surface area contributed by atoms with E-state index >= 15 is 0 Å². The lowest BCUT2D eigenvalue weighted by Crippen LogP contribution is -2.12. The zero-order valence-electron chi connectivity index (χ0n) is 12.7. The van der Waals surface area contributed by atoms with E-state index in [1.165, 1.54) is 0 Å². The SMILES string of the molecule is Cc1cc(C(=O)Nc2nnc(-c3cc(C)n(C)n3)o2)c(C)o1. The Morgan fingerprint density at radius 2 is 1.95 bits per heavy atom. The lowest BCUT2D eigenvalue weighted by Gasteiger charge is -1.97. The van der Waals surface area contributed by atoms with Crippen LogP contribution in [0.15, 0.2) is 21.0 Å². The first-order chi connectivity index (χ1) is 10.4. The molecule has 0 bridgehead atoms. The molecule has 1 amide bonds. The van der Waals surface area contributed by atoms with Gasteiger partial charge in [-0.25, -0.2) is 0 Å². The lowest BCUT2D eigenvalue weighted by molar-refractivity contribution is 0.102. The third kappa shape index (κ3) is 2.50. The summed E-state index contributed by atoms with van der Waals surface area (Å²) in [5, 5.41) is 14.5. The van der Waals surface area contributed by atoms with Crippen LogP contribution in [-0.4, -0.2) is 25.9 Å². The summed E-state index contributed by atoms with van der Waals surface area (Å²) < 4.78 is 12.4. The number of nitrogens with one attached hydrogen (secondary N) is 1. The number of aromatic nitrogens is 4. The topological polar surface area (TPSA) is 99.0 Å². The van der Waals surface area contributed by atoms with Crippen LogP contribution < -0.4 is 5.32 Å². The van der Waals surface area contributed by atoms with Crippen molar-refractivity contribution in [2.75, 3.05) is 5.32 Å². The number of rotatable bonds is 3. The second-order valence-corrected chi connectivity index (χ2v) is 4.99. The molecule has 0 saturated heterocycles. The van der Waals surface area contributed by atoms with E-state index in [4.69, 9.17) is 8.83 Å². The van der Waals surface area contributed by atoms with Crippen LogP contribution in [0.4, 0.5) is 6.01 Å². The van der Waals surface area contributed by atoms with E-state index in [9.17, 15) is 4.79 Å². The molecule has 3 heterocycles. The number of carbonyl (C=O) groups is 1. The number of aryl methyl sites for hydroxylation is 4. The molecule has 0 saturated carbocycles. The summed E-state index contributed by atoms with van der Waals surface area (Å²) >= 11 is 0. The Morgan fingerprint density at radius 1 is 1.18 bits per heavy atom. The summed E-state index contributed by atoms with van der Waals surface area (Å²) in [7, 11) is 1.82. The van der Waals surface area contributed by atoms with Crippen LogP contribution in [0.2, 0.25) is 0 Å². The number of carbonyl (C=O) groups excluding carboxylic acids is 1. The lowest BCUT2D eigenvalue weighted by atomic mass is 10.2. The van der Waals surface area contributed by atoms with Gasteiger partial charge in [-0.15, -0.1) is 5.10 Å². The molecule has 3 aromatic rings. The maximum atomic E-state index is 12.1. The van der Waals surface area contributed by atoms with Crippen LogP contribution in [0.5, 0.6) is 0 Å². The number of furan rings is 1. The zero-order chi connectivity index (χ0) is 15.9.